The molecule has 1 saturated carbocycles. The molecule has 0 radical (unpaired) electrons. The number of aromatic nitrogens is 5. The predicted octanol–water partition coefficient (Wildman–Crippen LogP) is 6.96. The number of carbonyl (C=O) groups is 2. The number of piperidine rings is 2. The number of hydrogen-bond donors (Lipinski definition) is 5. The number of phenols is 1. The summed E-state index contributed by atoms with van der Waals surface area (Å²) in [5, 5.41) is 47.6. The Morgan fingerprint density at radius 2 is 1.61 bits per heavy atom. The molecule has 5 saturated heterocycles. The fourth-order valence-electron chi connectivity index (χ4n) is 13.5. The van der Waals surface area contributed by atoms with Crippen LogP contribution in [0.25, 0.3) is 21.7 Å². The first-order valence-corrected chi connectivity index (χ1v) is 30.3. The van der Waals surface area contributed by atoms with E-state index in [1.165, 1.54) is 4.90 Å². The lowest BCUT2D eigenvalue weighted by molar-refractivity contribution is -0.141. The number of fused-ring (bicyclic) bond motifs is 2. The zero-order valence-electron chi connectivity index (χ0n) is 47.0. The van der Waals surface area contributed by atoms with E-state index in [1.54, 1.807) is 23.5 Å². The third kappa shape index (κ3) is 11.8. The van der Waals surface area contributed by atoms with Crippen LogP contribution < -0.4 is 30.5 Å². The van der Waals surface area contributed by atoms with Gasteiger partial charge in [0.05, 0.1) is 58.4 Å². The molecule has 9 heterocycles. The molecule has 434 valence electrons. The van der Waals surface area contributed by atoms with E-state index in [4.69, 9.17) is 19.7 Å². The van der Waals surface area contributed by atoms with Gasteiger partial charge in [-0.2, -0.15) is 0 Å². The average Bonchev–Trinajstić information content (AvgIpc) is 4.41. The predicted molar refractivity (Wildman–Crippen MR) is 313 cm³/mol. The molecule has 0 spiro atoms. The highest BCUT2D eigenvalue weighted by Gasteiger charge is 2.45. The summed E-state index contributed by atoms with van der Waals surface area (Å²) in [5.41, 5.74) is 14.1. The van der Waals surface area contributed by atoms with Crippen molar-refractivity contribution in [2.75, 3.05) is 79.4 Å². The van der Waals surface area contributed by atoms with Gasteiger partial charge in [-0.3, -0.25) is 9.59 Å². The van der Waals surface area contributed by atoms with Crippen molar-refractivity contribution in [3.63, 3.8) is 0 Å². The SMILES string of the molecule is Cc1ncsc1-c1ccc([C@H](CO)NC(=O)[C@@H]2C[C@@H](O)CN2C(=O)[C@@H](c2cc(N3CCC(CN4CCC(OC5CC(Oc6cc(N7C8CC[C@@H]7CN(c7cc(-c9ccccc9O)nnc7N)C8)ccn6)C5)CC4)CC3)no2)C(C)C)cc1. The van der Waals surface area contributed by atoms with E-state index in [1.807, 2.05) is 81.0 Å². The number of phenolic OH excluding ortho intramolecular Hbond substituents is 1. The van der Waals surface area contributed by atoms with Crippen molar-refractivity contribution in [1.82, 2.24) is 40.4 Å². The van der Waals surface area contributed by atoms with Gasteiger partial charge < -0.3 is 64.9 Å². The van der Waals surface area contributed by atoms with Gasteiger partial charge in [-0.1, -0.05) is 55.4 Å². The van der Waals surface area contributed by atoms with Gasteiger partial charge >= 0.3 is 0 Å². The van der Waals surface area contributed by atoms with Gasteiger partial charge in [0.1, 0.15) is 23.8 Å². The molecule has 5 aliphatic heterocycles. The number of para-hydroxylation sites is 1. The number of β-amino-alcohol motifs (C(OH)–C–C–N with tert-alkyl or cyclic N) is 1. The van der Waals surface area contributed by atoms with E-state index < -0.39 is 30.0 Å². The summed E-state index contributed by atoms with van der Waals surface area (Å²) in [5.74, 6) is 1.34. The number of aryl methyl sites for hydroxylation is 1. The quantitative estimate of drug-likeness (QED) is 0.0584. The first-order valence-electron chi connectivity index (χ1n) is 29.4. The highest BCUT2D eigenvalue weighted by atomic mass is 32.1. The summed E-state index contributed by atoms with van der Waals surface area (Å²) in [6, 6.07) is 21.8. The van der Waals surface area contributed by atoms with Crippen LogP contribution in [0.3, 0.4) is 0 Å². The van der Waals surface area contributed by atoms with E-state index >= 15 is 0 Å². The van der Waals surface area contributed by atoms with E-state index in [0.29, 0.717) is 52.5 Å². The fourth-order valence-corrected chi connectivity index (χ4v) is 14.3. The molecule has 82 heavy (non-hydrogen) atoms. The van der Waals surface area contributed by atoms with E-state index in [0.717, 1.165) is 130 Å². The molecule has 20 nitrogen and oxygen atoms in total. The molecule has 1 unspecified atom stereocenters. The second-order valence-electron chi connectivity index (χ2n) is 23.8. The molecule has 12 rings (SSSR count). The summed E-state index contributed by atoms with van der Waals surface area (Å²) in [6.07, 6.45) is 9.59. The monoisotopic (exact) mass is 1140 g/mol. The zero-order chi connectivity index (χ0) is 56.6. The van der Waals surface area contributed by atoms with Gasteiger partial charge in [-0.05, 0) is 92.7 Å². The van der Waals surface area contributed by atoms with Gasteiger partial charge in [0.2, 0.25) is 17.7 Å². The van der Waals surface area contributed by atoms with Crippen LogP contribution in [0.2, 0.25) is 0 Å². The van der Waals surface area contributed by atoms with Gasteiger partial charge in [0.15, 0.2) is 17.4 Å². The van der Waals surface area contributed by atoms with Gasteiger partial charge in [0, 0.05) is 113 Å². The van der Waals surface area contributed by atoms with Crippen LogP contribution >= 0.6 is 11.3 Å². The molecular formula is C61H76N12O8S. The molecule has 21 heteroatoms. The number of nitrogens with one attached hydrogen (secondary N) is 1. The Bertz CT molecular complexity index is 3160. The largest absolute Gasteiger partial charge is 0.507 e. The van der Waals surface area contributed by atoms with Crippen molar-refractivity contribution >= 4 is 46.2 Å². The molecule has 6 aliphatic rings. The number of carbonyl (C=O) groups excluding carboxylic acids is 2. The first-order chi connectivity index (χ1) is 39.8. The highest BCUT2D eigenvalue weighted by Crippen LogP contribution is 2.41. The number of ether oxygens (including phenoxy) is 2. The maximum atomic E-state index is 14.4. The van der Waals surface area contributed by atoms with Crippen LogP contribution in [0, 0.1) is 18.8 Å². The lowest BCUT2D eigenvalue weighted by Gasteiger charge is -2.43. The van der Waals surface area contributed by atoms with E-state index in [2.05, 4.69) is 62.4 Å². The Hall–Kier alpha value is -6.91. The molecule has 2 amide bonds. The van der Waals surface area contributed by atoms with Crippen molar-refractivity contribution in [2.45, 2.75) is 133 Å². The molecule has 6 aromatic rings. The highest BCUT2D eigenvalue weighted by molar-refractivity contribution is 7.13. The standard InChI is InChI=1S/C61H76N12O8S/c1-36(2)57(61(78)72-33-44(75)25-52(72)60(77)65-50(34-74)39-8-10-40(11-9-39)58-37(3)64-35-82-58)54-29-55(68-81-54)70-22-15-38(16-23-70)30-69-20-17-45(18-21-69)79-46-26-47(27-46)80-56-24-41(14-19-63-56)73-42-12-13-43(73)32-71(31-42)51-28-49(66-67-59(51)62)48-6-4-5-7-53(48)76/h4-11,14,19,24,28-29,35-36,38,42-47,50,52,57,74-76H,12-13,15-18,20-23,25-27,30-34H2,1-3H3,(H2,62,67)(H,65,77)/t42-,43?,44-,46?,47?,50+,52+,57-/m1/s1. The minimum Gasteiger partial charge on any atom is -0.507 e. The number of hydrogen-bond acceptors (Lipinski definition) is 19. The molecular weight excluding hydrogens is 1060 g/mol. The topological polar surface area (TPSA) is 245 Å². The van der Waals surface area contributed by atoms with Crippen molar-refractivity contribution in [3.8, 4) is 33.3 Å². The Kier molecular flexibility index (Phi) is 16.4. The number of anilines is 4. The third-order valence-electron chi connectivity index (χ3n) is 18.0. The van der Waals surface area contributed by atoms with Crippen LogP contribution in [0.1, 0.15) is 101 Å². The van der Waals surface area contributed by atoms with Crippen LogP contribution in [-0.4, -0.2) is 164 Å². The first kappa shape index (κ1) is 55.6. The maximum Gasteiger partial charge on any atom is 0.243 e. The number of nitrogens with zero attached hydrogens (tertiary/aromatic N) is 10. The number of piperazine rings is 1. The van der Waals surface area contributed by atoms with Crippen molar-refractivity contribution < 1.29 is 38.9 Å². The van der Waals surface area contributed by atoms with Gasteiger partial charge in [-0.25, -0.2) is 9.97 Å². The number of amides is 2. The molecule has 2 aromatic carbocycles. The Morgan fingerprint density at radius 1 is 0.854 bits per heavy atom. The third-order valence-corrected chi connectivity index (χ3v) is 19.0. The summed E-state index contributed by atoms with van der Waals surface area (Å²) < 4.78 is 19.0. The molecule has 6 atom stereocenters. The number of aliphatic hydroxyl groups excluding tert-OH is 2. The normalized spacial score (nSPS) is 24.2. The number of nitrogens with two attached hydrogens (primary N) is 1. The minimum absolute atomic E-state index is 0.0243. The number of aliphatic hydroxyl groups is 2. The van der Waals surface area contributed by atoms with Crippen LogP contribution in [0.4, 0.5) is 23.0 Å². The Labute approximate surface area is 482 Å². The summed E-state index contributed by atoms with van der Waals surface area (Å²) >= 11 is 1.56. The van der Waals surface area contributed by atoms with Crippen molar-refractivity contribution in [3.05, 3.63) is 102 Å². The number of nitrogen functional groups attached to an aromatic ring is 1. The number of likely N-dealkylation sites (tertiary alicyclic amines) is 2. The van der Waals surface area contributed by atoms with Gasteiger partial charge in [-0.15, -0.1) is 21.5 Å². The molecule has 6 fully saturated rings. The van der Waals surface area contributed by atoms with Crippen LogP contribution in [0.5, 0.6) is 11.6 Å². The molecule has 1 aliphatic carbocycles. The summed E-state index contributed by atoms with van der Waals surface area (Å²) in [6.45, 7) is 11.9. The van der Waals surface area contributed by atoms with Crippen LogP contribution in [0.15, 0.2) is 89.0 Å². The zero-order valence-corrected chi connectivity index (χ0v) is 47.8. The average molecular weight is 1140 g/mol. The van der Waals surface area contributed by atoms with Crippen LogP contribution in [-0.2, 0) is 14.3 Å². The summed E-state index contributed by atoms with van der Waals surface area (Å²) in [4.78, 5) is 49.5. The molecule has 4 aromatic heterocycles. The Morgan fingerprint density at radius 3 is 2.32 bits per heavy atom. The number of pyridine rings is 1. The lowest BCUT2D eigenvalue weighted by atomic mass is 9.91. The van der Waals surface area contributed by atoms with E-state index in [9.17, 15) is 24.9 Å². The maximum absolute atomic E-state index is 14.4. The smallest absolute Gasteiger partial charge is 0.243 e. The van der Waals surface area contributed by atoms with E-state index in [-0.39, 0.29) is 55.5 Å². The minimum atomic E-state index is -0.910. The number of benzene rings is 2. The second kappa shape index (κ2) is 24.1. The van der Waals surface area contributed by atoms with Gasteiger partial charge in [0.25, 0.3) is 0 Å². The molecule has 6 N–H and O–H groups in total. The lowest BCUT2D eigenvalue weighted by Crippen LogP contribution is -2.54. The Balaban J connectivity index is 0.567. The summed E-state index contributed by atoms with van der Waals surface area (Å²) in [7, 11) is 0. The molecule has 2 bridgehead atoms. The van der Waals surface area contributed by atoms with Crippen molar-refractivity contribution in [1.29, 1.82) is 0 Å². The number of aromatic hydroxyl groups is 1. The fraction of sp³-hybridized carbons (Fsp3) is 0.525. The second-order valence-corrected chi connectivity index (χ2v) is 24.7. The number of thiazole rings is 1. The van der Waals surface area contributed by atoms with Crippen molar-refractivity contribution in [2.24, 2.45) is 11.8 Å². The number of rotatable bonds is 18.